The Morgan fingerprint density at radius 2 is 0.365 bits per heavy atom. The van der Waals surface area contributed by atoms with Crippen molar-refractivity contribution in [2.45, 2.75) is 329 Å². The van der Waals surface area contributed by atoms with Crippen LogP contribution in [0, 0.1) is 10.2 Å². The van der Waals surface area contributed by atoms with Crippen molar-refractivity contribution >= 4 is 7.26 Å². The largest absolute Gasteiger partial charge is 0.393 e. The van der Waals surface area contributed by atoms with Crippen molar-refractivity contribution in [1.29, 1.82) is 0 Å². The maximum atomic E-state index is 10.3. The van der Waals surface area contributed by atoms with E-state index in [9.17, 15) is 5.11 Å². The van der Waals surface area contributed by atoms with Gasteiger partial charge in [0.05, 0.1) is 31.3 Å². The highest BCUT2D eigenvalue weighted by Crippen LogP contribution is 2.60. The number of hydrogen-bond acceptors (Lipinski definition) is 5. The molecule has 0 aromatic heterocycles. The van der Waals surface area contributed by atoms with E-state index >= 15 is 0 Å². The van der Waals surface area contributed by atoms with Crippen LogP contribution in [0.5, 0.6) is 0 Å². The summed E-state index contributed by atoms with van der Waals surface area (Å²) in [6, 6.07) is 0. The second-order valence-corrected chi connectivity index (χ2v) is 25.5. The highest BCUT2D eigenvalue weighted by atomic mass is 35.7. The lowest BCUT2D eigenvalue weighted by Gasteiger charge is -2.28. The molecule has 0 heterocycles. The molecule has 0 rings (SSSR count). The van der Waals surface area contributed by atoms with Crippen molar-refractivity contribution in [3.05, 3.63) is 0 Å². The minimum atomic E-state index is -4.94. The SMILES string of the molecule is CCCCCCCCCCCCCCCCCC[P+](CCO)(CCCCCCCCCCCCCCCCCC)CCCCCCCCCCCCCCCCCC.[O-][Cl+3]([O-])([O-])[O-]. The molecule has 382 valence electrons. The van der Waals surface area contributed by atoms with Gasteiger partial charge in [-0.3, -0.25) is 0 Å². The van der Waals surface area contributed by atoms with Crippen LogP contribution >= 0.6 is 7.26 Å². The monoisotopic (exact) mass is 935 g/mol. The zero-order valence-electron chi connectivity index (χ0n) is 43.4. The molecule has 0 radical (unpaired) electrons. The van der Waals surface area contributed by atoms with Crippen LogP contribution in [0.25, 0.3) is 0 Å². The second-order valence-electron chi connectivity index (χ2n) is 20.2. The maximum Gasteiger partial charge on any atom is 0.0825 e. The molecule has 1 N–H and O–H groups in total. The Bertz CT molecular complexity index is 717. The summed E-state index contributed by atoms with van der Waals surface area (Å²) in [5, 5.41) is 10.3. The lowest BCUT2D eigenvalue weighted by atomic mass is 10.0. The van der Waals surface area contributed by atoms with E-state index in [0.717, 1.165) is 0 Å². The number of aliphatic hydroxyl groups is 1. The molecular formula is C56H116ClO5P. The highest BCUT2D eigenvalue weighted by Gasteiger charge is 2.35. The van der Waals surface area contributed by atoms with Gasteiger partial charge in [-0.2, -0.15) is 0 Å². The van der Waals surface area contributed by atoms with Crippen molar-refractivity contribution in [1.82, 2.24) is 0 Å². The Labute approximate surface area is 399 Å². The predicted octanol–water partition coefficient (Wildman–Crippen LogP) is 16.0. The Balaban J connectivity index is 0. The zero-order valence-corrected chi connectivity index (χ0v) is 45.0. The summed E-state index contributed by atoms with van der Waals surface area (Å²) in [6.45, 7) is 7.40. The molecule has 63 heavy (non-hydrogen) atoms. The normalized spacial score (nSPS) is 12.0. The smallest absolute Gasteiger partial charge is 0.0825 e. The van der Waals surface area contributed by atoms with Crippen LogP contribution in [0.2, 0.25) is 0 Å². The van der Waals surface area contributed by atoms with E-state index in [1.54, 1.807) is 0 Å². The predicted molar refractivity (Wildman–Crippen MR) is 272 cm³/mol. The number of halogens is 1. The number of rotatable bonds is 53. The summed E-state index contributed by atoms with van der Waals surface area (Å²) in [5.74, 6) is 0. The van der Waals surface area contributed by atoms with E-state index in [4.69, 9.17) is 18.6 Å². The lowest BCUT2D eigenvalue weighted by Crippen LogP contribution is -2.68. The summed E-state index contributed by atoms with van der Waals surface area (Å²) in [4.78, 5) is 0. The molecule has 0 spiro atoms. The van der Waals surface area contributed by atoms with Gasteiger partial charge in [-0.15, -0.1) is 10.2 Å². The van der Waals surface area contributed by atoms with Gasteiger partial charge in [0.15, 0.2) is 0 Å². The van der Waals surface area contributed by atoms with Gasteiger partial charge in [-0.1, -0.05) is 290 Å². The molecule has 0 fully saturated rings. The Hall–Kier alpha value is 0.520. The van der Waals surface area contributed by atoms with Gasteiger partial charge in [0.1, 0.15) is 0 Å². The quantitative estimate of drug-likeness (QED) is 0.0482. The summed E-state index contributed by atoms with van der Waals surface area (Å²) >= 11 is 0. The molecule has 0 aliphatic carbocycles. The molecule has 0 saturated heterocycles. The minimum Gasteiger partial charge on any atom is -0.393 e. The van der Waals surface area contributed by atoms with E-state index < -0.39 is 17.5 Å². The highest BCUT2D eigenvalue weighted by molar-refractivity contribution is 7.75. The van der Waals surface area contributed by atoms with Crippen LogP contribution in [-0.4, -0.2) is 36.4 Å². The summed E-state index contributed by atoms with van der Waals surface area (Å²) in [6.07, 6.45) is 75.6. The Kier molecular flexibility index (Phi) is 57.4. The third kappa shape index (κ3) is 60.5. The van der Waals surface area contributed by atoms with Crippen molar-refractivity contribution < 1.29 is 34.0 Å². The van der Waals surface area contributed by atoms with Crippen LogP contribution in [0.4, 0.5) is 0 Å². The van der Waals surface area contributed by atoms with Gasteiger partial charge in [0.25, 0.3) is 0 Å². The second kappa shape index (κ2) is 55.1. The first kappa shape index (κ1) is 65.6. The van der Waals surface area contributed by atoms with Crippen molar-refractivity contribution in [2.75, 3.05) is 31.3 Å². The molecule has 0 aliphatic rings. The fourth-order valence-corrected chi connectivity index (χ4v) is 14.3. The molecule has 0 aromatic carbocycles. The first-order valence-corrected chi connectivity index (χ1v) is 32.6. The van der Waals surface area contributed by atoms with Crippen molar-refractivity contribution in [2.24, 2.45) is 0 Å². The number of aliphatic hydroxyl groups excluding tert-OH is 1. The standard InChI is InChI=1S/C56H116OP.ClHO4/c1-4-7-10-13-16-19-22-25-28-31-34-37-40-43-46-49-53-58(56-52-57,54-50-47-44-41-38-35-32-29-26-23-20-17-14-11-8-5-2)55-51-48-45-42-39-36-33-30-27-24-21-18-15-12-9-6-3;2-1(3,4)5/h57H,4-56H2,1-3H3;(H,2,3,4,5)/q+1;/p-1. The van der Waals surface area contributed by atoms with Gasteiger partial charge < -0.3 is 5.11 Å². The summed E-state index contributed by atoms with van der Waals surface area (Å²) in [7, 11) is -5.96. The third-order valence-electron chi connectivity index (χ3n) is 14.0. The van der Waals surface area contributed by atoms with Crippen LogP contribution in [-0.2, 0) is 0 Å². The van der Waals surface area contributed by atoms with Crippen molar-refractivity contribution in [3.63, 3.8) is 0 Å². The topological polar surface area (TPSA) is 112 Å². The molecule has 7 heteroatoms. The number of hydrogen-bond donors (Lipinski definition) is 1. The molecule has 0 aliphatic heterocycles. The van der Waals surface area contributed by atoms with E-state index in [2.05, 4.69) is 20.8 Å². The fraction of sp³-hybridized carbons (Fsp3) is 1.00. The van der Waals surface area contributed by atoms with Crippen LogP contribution in [0.3, 0.4) is 0 Å². The van der Waals surface area contributed by atoms with Crippen molar-refractivity contribution in [3.8, 4) is 0 Å². The van der Waals surface area contributed by atoms with Gasteiger partial charge >= 0.3 is 0 Å². The molecule has 0 unspecified atom stereocenters. The molecule has 5 nitrogen and oxygen atoms in total. The molecule has 0 bridgehead atoms. The average molecular weight is 936 g/mol. The maximum absolute atomic E-state index is 10.3. The van der Waals surface area contributed by atoms with Gasteiger partial charge in [0, 0.05) is 7.26 Å². The van der Waals surface area contributed by atoms with Gasteiger partial charge in [-0.25, -0.2) is 18.6 Å². The van der Waals surface area contributed by atoms with E-state index in [1.165, 1.54) is 333 Å². The zero-order chi connectivity index (χ0) is 46.5. The minimum absolute atomic E-state index is 0.449. The number of unbranched alkanes of at least 4 members (excludes halogenated alkanes) is 45. The molecule has 0 atom stereocenters. The van der Waals surface area contributed by atoms with E-state index in [1.807, 2.05) is 0 Å². The lowest BCUT2D eigenvalue weighted by molar-refractivity contribution is -2.00. The molecule has 0 saturated carbocycles. The third-order valence-corrected chi connectivity index (χ3v) is 19.0. The Morgan fingerprint density at radius 1 is 0.238 bits per heavy atom. The first-order valence-electron chi connectivity index (χ1n) is 28.8. The van der Waals surface area contributed by atoms with E-state index in [0.29, 0.717) is 6.61 Å². The first-order chi connectivity index (χ1) is 30.7. The van der Waals surface area contributed by atoms with Gasteiger partial charge in [-0.05, 0) is 38.5 Å². The molecule has 0 aromatic rings. The Morgan fingerprint density at radius 3 is 0.492 bits per heavy atom. The van der Waals surface area contributed by atoms with Crippen LogP contribution < -0.4 is 18.6 Å². The van der Waals surface area contributed by atoms with Gasteiger partial charge in [0.2, 0.25) is 0 Å². The van der Waals surface area contributed by atoms with Crippen LogP contribution in [0.15, 0.2) is 0 Å². The summed E-state index contributed by atoms with van der Waals surface area (Å²) in [5.41, 5.74) is 0. The molecular weight excluding hydrogens is 819 g/mol. The summed E-state index contributed by atoms with van der Waals surface area (Å²) < 4.78 is 34.0. The average Bonchev–Trinajstić information content (AvgIpc) is 3.25. The fourth-order valence-electron chi connectivity index (χ4n) is 9.87. The molecule has 0 amide bonds. The van der Waals surface area contributed by atoms with Crippen LogP contribution in [0.1, 0.15) is 329 Å². The van der Waals surface area contributed by atoms with E-state index in [-0.39, 0.29) is 0 Å².